The molecule has 2 rings (SSSR count). The predicted molar refractivity (Wildman–Crippen MR) is 56.8 cm³/mol. The molecular weight excluding hydrogens is 197 g/mol. The highest BCUT2D eigenvalue weighted by Crippen LogP contribution is 2.30. The van der Waals surface area contributed by atoms with Crippen LogP contribution in [0.4, 0.5) is 5.69 Å². The molecule has 0 spiro atoms. The zero-order valence-electron chi connectivity index (χ0n) is 8.36. The molecule has 0 fully saturated rings. The molecule has 6 heteroatoms. The molecule has 1 aromatic rings. The summed E-state index contributed by atoms with van der Waals surface area (Å²) >= 11 is 0. The van der Waals surface area contributed by atoms with E-state index in [0.717, 1.165) is 5.69 Å². The van der Waals surface area contributed by atoms with Gasteiger partial charge in [-0.2, -0.15) is 0 Å². The molecule has 0 atom stereocenters. The topological polar surface area (TPSA) is 71.0 Å². The van der Waals surface area contributed by atoms with E-state index in [0.29, 0.717) is 30.1 Å². The van der Waals surface area contributed by atoms with E-state index in [1.54, 1.807) is 12.1 Å². The van der Waals surface area contributed by atoms with Crippen LogP contribution < -0.4 is 20.3 Å². The summed E-state index contributed by atoms with van der Waals surface area (Å²) in [6.45, 7) is 1.30. The van der Waals surface area contributed by atoms with Crippen LogP contribution in [0.3, 0.4) is 0 Å². The lowest BCUT2D eigenvalue weighted by molar-refractivity contribution is 0.320. The smallest absolute Gasteiger partial charge is 0.492 e. The molecule has 5 nitrogen and oxygen atoms in total. The SMILES string of the molecule is COc1cc2c(cc1B(O)O)NCCO2. The zero-order chi connectivity index (χ0) is 10.8. The lowest BCUT2D eigenvalue weighted by Crippen LogP contribution is -2.32. The van der Waals surface area contributed by atoms with Gasteiger partial charge in [0.2, 0.25) is 0 Å². The predicted octanol–water partition coefficient (Wildman–Crippen LogP) is -0.821. The van der Waals surface area contributed by atoms with E-state index in [1.807, 2.05) is 0 Å². The Morgan fingerprint density at radius 1 is 1.47 bits per heavy atom. The van der Waals surface area contributed by atoms with Crippen molar-refractivity contribution in [3.63, 3.8) is 0 Å². The van der Waals surface area contributed by atoms with Gasteiger partial charge in [-0.25, -0.2) is 0 Å². The first kappa shape index (κ1) is 10.1. The van der Waals surface area contributed by atoms with Crippen LogP contribution in [-0.2, 0) is 0 Å². The third kappa shape index (κ3) is 1.86. The highest BCUT2D eigenvalue weighted by molar-refractivity contribution is 6.60. The van der Waals surface area contributed by atoms with E-state index in [2.05, 4.69) is 5.32 Å². The second-order valence-corrected chi connectivity index (χ2v) is 3.24. The second kappa shape index (κ2) is 4.00. The fourth-order valence-electron chi connectivity index (χ4n) is 1.56. The Kier molecular flexibility index (Phi) is 2.70. The molecule has 0 bridgehead atoms. The summed E-state index contributed by atoms with van der Waals surface area (Å²) in [5.41, 5.74) is 1.08. The molecule has 0 saturated heterocycles. The van der Waals surface area contributed by atoms with Gasteiger partial charge in [0.25, 0.3) is 0 Å². The molecule has 3 N–H and O–H groups in total. The van der Waals surface area contributed by atoms with Gasteiger partial charge in [-0.3, -0.25) is 0 Å². The van der Waals surface area contributed by atoms with E-state index in [1.165, 1.54) is 7.11 Å². The molecule has 1 aromatic carbocycles. The number of ether oxygens (including phenoxy) is 2. The molecule has 1 heterocycles. The average molecular weight is 209 g/mol. The van der Waals surface area contributed by atoms with Gasteiger partial charge >= 0.3 is 7.12 Å². The molecule has 0 radical (unpaired) electrons. The number of methoxy groups -OCH3 is 1. The Hall–Kier alpha value is -1.40. The van der Waals surface area contributed by atoms with Gasteiger partial charge in [0.05, 0.1) is 12.8 Å². The Bertz CT molecular complexity index is 369. The molecule has 0 aliphatic carbocycles. The maximum absolute atomic E-state index is 9.14. The summed E-state index contributed by atoms with van der Waals surface area (Å²) in [5.74, 6) is 1.08. The number of rotatable bonds is 2. The monoisotopic (exact) mass is 209 g/mol. The second-order valence-electron chi connectivity index (χ2n) is 3.24. The number of hydrogen-bond donors (Lipinski definition) is 3. The van der Waals surface area contributed by atoms with Crippen molar-refractivity contribution in [2.75, 3.05) is 25.6 Å². The van der Waals surface area contributed by atoms with Crippen molar-refractivity contribution in [1.29, 1.82) is 0 Å². The first-order valence-electron chi connectivity index (χ1n) is 4.67. The average Bonchev–Trinajstić information content (AvgIpc) is 2.27. The van der Waals surface area contributed by atoms with Gasteiger partial charge in [0, 0.05) is 18.1 Å². The van der Waals surface area contributed by atoms with Crippen LogP contribution >= 0.6 is 0 Å². The molecule has 80 valence electrons. The molecule has 0 saturated carbocycles. The normalized spacial score (nSPS) is 13.5. The van der Waals surface area contributed by atoms with Crippen molar-refractivity contribution < 1.29 is 19.5 Å². The standard InChI is InChI=1S/C9H12BNO4/c1-14-8-5-9-7(11-2-3-15-9)4-6(8)10(12)13/h4-5,11-13H,2-3H2,1H3. The van der Waals surface area contributed by atoms with Gasteiger partial charge in [-0.05, 0) is 6.07 Å². The first-order chi connectivity index (χ1) is 7.22. The van der Waals surface area contributed by atoms with E-state index in [9.17, 15) is 0 Å². The van der Waals surface area contributed by atoms with Crippen LogP contribution in [-0.4, -0.2) is 37.4 Å². The molecule has 15 heavy (non-hydrogen) atoms. The van der Waals surface area contributed by atoms with Crippen molar-refractivity contribution >= 4 is 18.3 Å². The number of anilines is 1. The van der Waals surface area contributed by atoms with Crippen LogP contribution in [0, 0.1) is 0 Å². The minimum atomic E-state index is -1.55. The van der Waals surface area contributed by atoms with Gasteiger partial charge in [-0.15, -0.1) is 0 Å². The zero-order valence-corrected chi connectivity index (χ0v) is 8.36. The first-order valence-corrected chi connectivity index (χ1v) is 4.67. The van der Waals surface area contributed by atoms with E-state index in [4.69, 9.17) is 19.5 Å². The van der Waals surface area contributed by atoms with Crippen LogP contribution in [0.15, 0.2) is 12.1 Å². The number of nitrogens with one attached hydrogen (secondary N) is 1. The fraction of sp³-hybridized carbons (Fsp3) is 0.333. The molecule has 0 unspecified atom stereocenters. The van der Waals surface area contributed by atoms with Gasteiger partial charge in [0.15, 0.2) is 0 Å². The molecule has 1 aliphatic heterocycles. The number of hydrogen-bond acceptors (Lipinski definition) is 5. The van der Waals surface area contributed by atoms with E-state index in [-0.39, 0.29) is 0 Å². The van der Waals surface area contributed by atoms with Gasteiger partial charge in [0.1, 0.15) is 18.1 Å². The van der Waals surface area contributed by atoms with Crippen molar-refractivity contribution in [2.24, 2.45) is 0 Å². The summed E-state index contributed by atoms with van der Waals surface area (Å²) < 4.78 is 10.4. The lowest BCUT2D eigenvalue weighted by atomic mass is 9.79. The highest BCUT2D eigenvalue weighted by atomic mass is 16.5. The Balaban J connectivity index is 2.46. The Labute approximate surface area is 87.8 Å². The minimum Gasteiger partial charge on any atom is -0.497 e. The lowest BCUT2D eigenvalue weighted by Gasteiger charge is -2.21. The summed E-state index contributed by atoms with van der Waals surface area (Å²) in [6.07, 6.45) is 0. The van der Waals surface area contributed by atoms with Gasteiger partial charge < -0.3 is 24.8 Å². The Morgan fingerprint density at radius 2 is 2.27 bits per heavy atom. The van der Waals surface area contributed by atoms with Crippen LogP contribution in [0.1, 0.15) is 0 Å². The van der Waals surface area contributed by atoms with Gasteiger partial charge in [-0.1, -0.05) is 0 Å². The third-order valence-corrected chi connectivity index (χ3v) is 2.29. The summed E-state index contributed by atoms with van der Waals surface area (Å²) in [7, 11) is -0.0712. The van der Waals surface area contributed by atoms with E-state index >= 15 is 0 Å². The summed E-state index contributed by atoms with van der Waals surface area (Å²) in [5, 5.41) is 21.4. The van der Waals surface area contributed by atoms with Crippen LogP contribution in [0.5, 0.6) is 11.5 Å². The number of benzene rings is 1. The fourth-order valence-corrected chi connectivity index (χ4v) is 1.56. The molecule has 1 aliphatic rings. The van der Waals surface area contributed by atoms with E-state index < -0.39 is 7.12 Å². The Morgan fingerprint density at radius 3 is 2.93 bits per heavy atom. The molecular formula is C9H12BNO4. The summed E-state index contributed by atoms with van der Waals surface area (Å²) in [6, 6.07) is 3.27. The maximum Gasteiger partial charge on any atom is 0.492 e. The quantitative estimate of drug-likeness (QED) is 0.555. The third-order valence-electron chi connectivity index (χ3n) is 2.29. The van der Waals surface area contributed by atoms with Crippen molar-refractivity contribution in [3.05, 3.63) is 12.1 Å². The van der Waals surface area contributed by atoms with Crippen LogP contribution in [0.25, 0.3) is 0 Å². The van der Waals surface area contributed by atoms with Crippen molar-refractivity contribution in [1.82, 2.24) is 0 Å². The summed E-state index contributed by atoms with van der Waals surface area (Å²) in [4.78, 5) is 0. The minimum absolute atomic E-state index is 0.328. The molecule has 0 aromatic heterocycles. The molecule has 0 amide bonds. The number of fused-ring (bicyclic) bond motifs is 1. The van der Waals surface area contributed by atoms with Crippen molar-refractivity contribution in [3.8, 4) is 11.5 Å². The largest absolute Gasteiger partial charge is 0.497 e. The highest BCUT2D eigenvalue weighted by Gasteiger charge is 2.21. The maximum atomic E-state index is 9.14. The van der Waals surface area contributed by atoms with Crippen LogP contribution in [0.2, 0.25) is 0 Å². The van der Waals surface area contributed by atoms with Crippen molar-refractivity contribution in [2.45, 2.75) is 0 Å².